The summed E-state index contributed by atoms with van der Waals surface area (Å²) >= 11 is 0. The first kappa shape index (κ1) is 13.4. The number of aliphatic carboxylic acids is 1. The molecule has 0 radical (unpaired) electrons. The Morgan fingerprint density at radius 3 is 2.69 bits per heavy atom. The lowest BCUT2D eigenvalue weighted by molar-refractivity contribution is -0.137. The molecule has 0 atom stereocenters. The molecule has 0 bridgehead atoms. The molecule has 0 aromatic rings. The lowest BCUT2D eigenvalue weighted by Gasteiger charge is -2.27. The summed E-state index contributed by atoms with van der Waals surface area (Å²) < 4.78 is 5.27. The Labute approximate surface area is 97.0 Å². The molecule has 0 aromatic heterocycles. The van der Waals surface area contributed by atoms with E-state index in [1.807, 2.05) is 7.05 Å². The highest BCUT2D eigenvalue weighted by Crippen LogP contribution is 1.99. The number of carboxylic acid groups (broad SMARTS) is 1. The molecule has 16 heavy (non-hydrogen) atoms. The number of hydrogen-bond donors (Lipinski definition) is 1. The molecule has 5 heteroatoms. The molecule has 1 heterocycles. The van der Waals surface area contributed by atoms with E-state index in [1.165, 1.54) is 0 Å². The smallest absolute Gasteiger partial charge is 0.304 e. The van der Waals surface area contributed by atoms with Gasteiger partial charge in [0.1, 0.15) is 0 Å². The van der Waals surface area contributed by atoms with Crippen LogP contribution < -0.4 is 0 Å². The summed E-state index contributed by atoms with van der Waals surface area (Å²) in [4.78, 5) is 14.9. The largest absolute Gasteiger partial charge is 0.481 e. The van der Waals surface area contributed by atoms with Crippen molar-refractivity contribution in [3.63, 3.8) is 0 Å². The Hall–Kier alpha value is -0.650. The van der Waals surface area contributed by atoms with Crippen LogP contribution in [0.1, 0.15) is 12.8 Å². The third-order valence-electron chi connectivity index (χ3n) is 2.83. The zero-order valence-electron chi connectivity index (χ0n) is 10.0. The summed E-state index contributed by atoms with van der Waals surface area (Å²) in [5.74, 6) is -0.722. The summed E-state index contributed by atoms with van der Waals surface area (Å²) in [6.07, 6.45) is 1.32. The number of nitrogens with zero attached hydrogens (tertiary/aromatic N) is 2. The SMILES string of the molecule is CN(CCCN1CCOCC1)CCC(=O)O. The molecule has 1 aliphatic heterocycles. The van der Waals surface area contributed by atoms with E-state index in [-0.39, 0.29) is 6.42 Å². The van der Waals surface area contributed by atoms with Gasteiger partial charge in [-0.25, -0.2) is 0 Å². The number of hydrogen-bond acceptors (Lipinski definition) is 4. The van der Waals surface area contributed by atoms with Gasteiger partial charge < -0.3 is 14.7 Å². The fourth-order valence-corrected chi connectivity index (χ4v) is 1.79. The normalized spacial score (nSPS) is 17.9. The Bertz CT molecular complexity index is 205. The second-order valence-corrected chi connectivity index (χ2v) is 4.25. The van der Waals surface area contributed by atoms with Gasteiger partial charge in [-0.1, -0.05) is 0 Å². The first-order valence-corrected chi connectivity index (χ1v) is 5.89. The lowest BCUT2D eigenvalue weighted by Crippen LogP contribution is -2.38. The Morgan fingerprint density at radius 2 is 2.06 bits per heavy atom. The molecule has 0 saturated carbocycles. The number of rotatable bonds is 7. The van der Waals surface area contributed by atoms with Crippen LogP contribution in [0.15, 0.2) is 0 Å². The predicted octanol–water partition coefficient (Wildman–Crippen LogP) is 0.115. The maximum atomic E-state index is 10.4. The fraction of sp³-hybridized carbons (Fsp3) is 0.909. The second kappa shape index (κ2) is 7.60. The number of carbonyl (C=O) groups is 1. The summed E-state index contributed by atoms with van der Waals surface area (Å²) in [6, 6.07) is 0. The maximum Gasteiger partial charge on any atom is 0.304 e. The molecule has 0 aliphatic carbocycles. The van der Waals surface area contributed by atoms with Crippen molar-refractivity contribution < 1.29 is 14.6 Å². The minimum absolute atomic E-state index is 0.230. The highest BCUT2D eigenvalue weighted by Gasteiger charge is 2.10. The van der Waals surface area contributed by atoms with Crippen molar-refractivity contribution in [3.05, 3.63) is 0 Å². The van der Waals surface area contributed by atoms with Gasteiger partial charge in [0.25, 0.3) is 0 Å². The van der Waals surface area contributed by atoms with Crippen LogP contribution in [0.25, 0.3) is 0 Å². The Balaban J connectivity index is 1.98. The fourth-order valence-electron chi connectivity index (χ4n) is 1.79. The molecule has 94 valence electrons. The first-order valence-electron chi connectivity index (χ1n) is 5.89. The highest BCUT2D eigenvalue weighted by molar-refractivity contribution is 5.66. The van der Waals surface area contributed by atoms with Crippen molar-refractivity contribution in [2.75, 3.05) is 53.0 Å². The molecule has 1 rings (SSSR count). The molecule has 1 N–H and O–H groups in total. The van der Waals surface area contributed by atoms with E-state index in [0.717, 1.165) is 45.8 Å². The standard InChI is InChI=1S/C11H22N2O3/c1-12(6-3-11(14)15)4-2-5-13-7-9-16-10-8-13/h2-10H2,1H3,(H,14,15). The molecule has 5 nitrogen and oxygen atoms in total. The van der Waals surface area contributed by atoms with E-state index in [1.54, 1.807) is 0 Å². The average molecular weight is 230 g/mol. The molecule has 0 amide bonds. The van der Waals surface area contributed by atoms with Gasteiger partial charge in [-0.05, 0) is 26.6 Å². The van der Waals surface area contributed by atoms with E-state index >= 15 is 0 Å². The quantitative estimate of drug-likeness (QED) is 0.673. The van der Waals surface area contributed by atoms with Crippen molar-refractivity contribution >= 4 is 5.97 Å². The monoisotopic (exact) mass is 230 g/mol. The lowest BCUT2D eigenvalue weighted by atomic mass is 10.3. The molecule has 1 fully saturated rings. The highest BCUT2D eigenvalue weighted by atomic mass is 16.5. The molecule has 0 spiro atoms. The van der Waals surface area contributed by atoms with Crippen molar-refractivity contribution in [2.45, 2.75) is 12.8 Å². The van der Waals surface area contributed by atoms with Gasteiger partial charge in [0.05, 0.1) is 19.6 Å². The number of morpholine rings is 1. The number of ether oxygens (including phenoxy) is 1. The first-order chi connectivity index (χ1) is 7.68. The minimum atomic E-state index is -0.722. The predicted molar refractivity (Wildman–Crippen MR) is 61.6 cm³/mol. The molecule has 1 saturated heterocycles. The van der Waals surface area contributed by atoms with Gasteiger partial charge >= 0.3 is 5.97 Å². The van der Waals surface area contributed by atoms with Gasteiger partial charge in [-0.2, -0.15) is 0 Å². The van der Waals surface area contributed by atoms with Crippen LogP contribution in [-0.2, 0) is 9.53 Å². The molecule has 0 aromatic carbocycles. The molecular formula is C11H22N2O3. The summed E-state index contributed by atoms with van der Waals surface area (Å²) in [6.45, 7) is 6.42. The third-order valence-corrected chi connectivity index (χ3v) is 2.83. The van der Waals surface area contributed by atoms with Gasteiger partial charge in [0, 0.05) is 19.6 Å². The van der Waals surface area contributed by atoms with Crippen LogP contribution in [0.5, 0.6) is 0 Å². The van der Waals surface area contributed by atoms with Crippen molar-refractivity contribution in [3.8, 4) is 0 Å². The van der Waals surface area contributed by atoms with E-state index < -0.39 is 5.97 Å². The Kier molecular flexibility index (Phi) is 6.37. The zero-order valence-corrected chi connectivity index (χ0v) is 10.0. The summed E-state index contributed by atoms with van der Waals surface area (Å²) in [5, 5.41) is 8.54. The van der Waals surface area contributed by atoms with E-state index in [0.29, 0.717) is 6.54 Å². The summed E-state index contributed by atoms with van der Waals surface area (Å²) in [7, 11) is 1.97. The topological polar surface area (TPSA) is 53.0 Å². The summed E-state index contributed by atoms with van der Waals surface area (Å²) in [5.41, 5.74) is 0. The molecular weight excluding hydrogens is 208 g/mol. The van der Waals surface area contributed by atoms with E-state index in [2.05, 4.69) is 9.80 Å². The van der Waals surface area contributed by atoms with E-state index in [4.69, 9.17) is 9.84 Å². The number of carboxylic acids is 1. The third kappa shape index (κ3) is 6.05. The Morgan fingerprint density at radius 1 is 1.38 bits per heavy atom. The van der Waals surface area contributed by atoms with E-state index in [9.17, 15) is 4.79 Å². The van der Waals surface area contributed by atoms with Crippen molar-refractivity contribution in [1.29, 1.82) is 0 Å². The van der Waals surface area contributed by atoms with Crippen LogP contribution in [0.4, 0.5) is 0 Å². The zero-order chi connectivity index (χ0) is 11.8. The second-order valence-electron chi connectivity index (χ2n) is 4.25. The van der Waals surface area contributed by atoms with Gasteiger partial charge in [-0.15, -0.1) is 0 Å². The van der Waals surface area contributed by atoms with Gasteiger partial charge in [0.15, 0.2) is 0 Å². The van der Waals surface area contributed by atoms with Crippen LogP contribution in [0, 0.1) is 0 Å². The van der Waals surface area contributed by atoms with Crippen LogP contribution in [0.2, 0.25) is 0 Å². The van der Waals surface area contributed by atoms with Gasteiger partial charge in [0.2, 0.25) is 0 Å². The minimum Gasteiger partial charge on any atom is -0.481 e. The maximum absolute atomic E-state index is 10.4. The van der Waals surface area contributed by atoms with Crippen molar-refractivity contribution in [1.82, 2.24) is 9.80 Å². The molecule has 0 unspecified atom stereocenters. The average Bonchev–Trinajstić information content (AvgIpc) is 2.28. The van der Waals surface area contributed by atoms with Gasteiger partial charge in [-0.3, -0.25) is 9.69 Å². The van der Waals surface area contributed by atoms with Crippen LogP contribution >= 0.6 is 0 Å². The molecule has 1 aliphatic rings. The van der Waals surface area contributed by atoms with Crippen molar-refractivity contribution in [2.24, 2.45) is 0 Å². The van der Waals surface area contributed by atoms with Crippen LogP contribution in [0.3, 0.4) is 0 Å². The van der Waals surface area contributed by atoms with Crippen LogP contribution in [-0.4, -0.2) is 73.9 Å².